The molecule has 2 aromatic carbocycles. The van der Waals surface area contributed by atoms with E-state index in [4.69, 9.17) is 23.2 Å². The number of nitro benzene ring substituents is 1. The Hall–Kier alpha value is -1.85. The van der Waals surface area contributed by atoms with Gasteiger partial charge in [-0.05, 0) is 36.8 Å². The van der Waals surface area contributed by atoms with E-state index in [-0.39, 0.29) is 16.8 Å². The molecule has 1 unspecified atom stereocenters. The lowest BCUT2D eigenvalue weighted by Gasteiger charge is -2.17. The van der Waals surface area contributed by atoms with E-state index in [9.17, 15) is 14.5 Å². The molecular weight excluding hydrogens is 318 g/mol. The summed E-state index contributed by atoms with van der Waals surface area (Å²) < 4.78 is 13.5. The second kappa shape index (κ2) is 6.28. The zero-order valence-corrected chi connectivity index (χ0v) is 12.5. The summed E-state index contributed by atoms with van der Waals surface area (Å²) in [5, 5.41) is 14.0. The monoisotopic (exact) mass is 328 g/mol. The van der Waals surface area contributed by atoms with E-state index < -0.39 is 10.7 Å². The van der Waals surface area contributed by atoms with Gasteiger partial charge in [0.15, 0.2) is 0 Å². The van der Waals surface area contributed by atoms with Gasteiger partial charge in [0.05, 0.1) is 16.0 Å². The number of nitro groups is 1. The van der Waals surface area contributed by atoms with Crippen LogP contribution < -0.4 is 5.32 Å². The third-order valence-electron chi connectivity index (χ3n) is 2.97. The predicted octanol–water partition coefficient (Wildman–Crippen LogP) is 5.21. The van der Waals surface area contributed by atoms with Crippen LogP contribution in [0.15, 0.2) is 36.4 Å². The Morgan fingerprint density at radius 2 is 1.81 bits per heavy atom. The quantitative estimate of drug-likeness (QED) is 0.476. The molecule has 2 rings (SSSR count). The number of nitrogens with zero attached hydrogens (tertiary/aromatic N) is 1. The Morgan fingerprint density at radius 3 is 2.38 bits per heavy atom. The number of halogens is 3. The summed E-state index contributed by atoms with van der Waals surface area (Å²) in [6.07, 6.45) is 0. The highest BCUT2D eigenvalue weighted by Crippen LogP contribution is 2.30. The Labute approximate surface area is 130 Å². The summed E-state index contributed by atoms with van der Waals surface area (Å²) in [7, 11) is 0. The van der Waals surface area contributed by atoms with Crippen molar-refractivity contribution in [2.24, 2.45) is 0 Å². The number of non-ortho nitro benzene ring substituents is 1. The Bertz CT molecular complexity index is 677. The van der Waals surface area contributed by atoms with Crippen LogP contribution in [0.3, 0.4) is 0 Å². The highest BCUT2D eigenvalue weighted by Gasteiger charge is 2.14. The Kier molecular flexibility index (Phi) is 4.65. The second-order valence-electron chi connectivity index (χ2n) is 4.46. The van der Waals surface area contributed by atoms with E-state index in [1.165, 1.54) is 24.3 Å². The fraction of sp³-hybridized carbons (Fsp3) is 0.143. The van der Waals surface area contributed by atoms with Gasteiger partial charge >= 0.3 is 0 Å². The molecule has 0 bridgehead atoms. The van der Waals surface area contributed by atoms with Crippen molar-refractivity contribution in [2.75, 3.05) is 5.32 Å². The van der Waals surface area contributed by atoms with E-state index >= 15 is 0 Å². The molecule has 0 aliphatic carbocycles. The highest BCUT2D eigenvalue weighted by molar-refractivity contribution is 6.35. The Balaban J connectivity index is 2.19. The number of benzene rings is 2. The van der Waals surface area contributed by atoms with E-state index in [1.54, 1.807) is 19.1 Å². The topological polar surface area (TPSA) is 55.2 Å². The lowest BCUT2D eigenvalue weighted by Crippen LogP contribution is -2.07. The van der Waals surface area contributed by atoms with Gasteiger partial charge < -0.3 is 5.32 Å². The van der Waals surface area contributed by atoms with E-state index in [0.717, 1.165) is 0 Å². The predicted molar refractivity (Wildman–Crippen MR) is 81.6 cm³/mol. The number of rotatable bonds is 4. The molecule has 0 spiro atoms. The molecule has 0 radical (unpaired) electrons. The van der Waals surface area contributed by atoms with Gasteiger partial charge in [-0.2, -0.15) is 0 Å². The molecule has 0 fully saturated rings. The highest BCUT2D eigenvalue weighted by atomic mass is 35.5. The molecule has 1 N–H and O–H groups in total. The van der Waals surface area contributed by atoms with Gasteiger partial charge in [0, 0.05) is 22.8 Å². The molecule has 0 heterocycles. The summed E-state index contributed by atoms with van der Waals surface area (Å²) in [5.41, 5.74) is 1.22. The molecule has 4 nitrogen and oxygen atoms in total. The largest absolute Gasteiger partial charge is 0.378 e. The van der Waals surface area contributed by atoms with Crippen molar-refractivity contribution >= 4 is 34.6 Å². The molecule has 2 aromatic rings. The van der Waals surface area contributed by atoms with Gasteiger partial charge in [0.2, 0.25) is 0 Å². The number of hydrogen-bond acceptors (Lipinski definition) is 3. The summed E-state index contributed by atoms with van der Waals surface area (Å²) in [4.78, 5) is 10.1. The fourth-order valence-corrected chi connectivity index (χ4v) is 2.42. The number of hydrogen-bond donors (Lipinski definition) is 1. The minimum absolute atomic E-state index is 0.00349. The van der Waals surface area contributed by atoms with Crippen molar-refractivity contribution in [1.82, 2.24) is 0 Å². The van der Waals surface area contributed by atoms with Crippen molar-refractivity contribution in [3.05, 3.63) is 67.9 Å². The molecule has 0 aromatic heterocycles. The molecule has 1 atom stereocenters. The molecule has 0 aliphatic heterocycles. The van der Waals surface area contributed by atoms with Crippen LogP contribution in [-0.4, -0.2) is 4.92 Å². The number of anilines is 1. The maximum absolute atomic E-state index is 13.5. The first-order valence-corrected chi connectivity index (χ1v) is 6.79. The zero-order valence-electron chi connectivity index (χ0n) is 10.9. The van der Waals surface area contributed by atoms with Crippen LogP contribution >= 0.6 is 23.2 Å². The first-order chi connectivity index (χ1) is 9.88. The van der Waals surface area contributed by atoms with Crippen molar-refractivity contribution in [3.8, 4) is 0 Å². The third kappa shape index (κ3) is 3.62. The Morgan fingerprint density at radius 1 is 1.19 bits per heavy atom. The average Bonchev–Trinajstić information content (AvgIpc) is 2.43. The average molecular weight is 329 g/mol. The molecule has 21 heavy (non-hydrogen) atoms. The fourth-order valence-electron chi connectivity index (χ4n) is 1.88. The van der Waals surface area contributed by atoms with Crippen LogP contribution in [0, 0.1) is 15.9 Å². The summed E-state index contributed by atoms with van der Waals surface area (Å²) in [6, 6.07) is 8.27. The maximum Gasteiger partial charge on any atom is 0.269 e. The summed E-state index contributed by atoms with van der Waals surface area (Å²) >= 11 is 11.7. The first-order valence-electron chi connectivity index (χ1n) is 6.04. The summed E-state index contributed by atoms with van der Waals surface area (Å²) in [6.45, 7) is 1.80. The van der Waals surface area contributed by atoms with Gasteiger partial charge in [0.25, 0.3) is 5.69 Å². The van der Waals surface area contributed by atoms with Crippen molar-refractivity contribution in [3.63, 3.8) is 0 Å². The minimum atomic E-state index is -0.548. The zero-order chi connectivity index (χ0) is 15.6. The third-order valence-corrected chi connectivity index (χ3v) is 3.58. The normalized spacial score (nSPS) is 12.0. The molecule has 0 amide bonds. The molecule has 0 aliphatic rings. The smallest absolute Gasteiger partial charge is 0.269 e. The van der Waals surface area contributed by atoms with E-state index in [0.29, 0.717) is 16.3 Å². The van der Waals surface area contributed by atoms with Crippen LogP contribution in [0.5, 0.6) is 0 Å². The number of nitrogens with one attached hydrogen (secondary N) is 1. The molecule has 7 heteroatoms. The van der Waals surface area contributed by atoms with Crippen molar-refractivity contribution < 1.29 is 9.31 Å². The van der Waals surface area contributed by atoms with Crippen LogP contribution in [0.1, 0.15) is 18.5 Å². The molecule has 110 valence electrons. The molecule has 0 saturated carbocycles. The van der Waals surface area contributed by atoms with Crippen molar-refractivity contribution in [1.29, 1.82) is 0 Å². The summed E-state index contributed by atoms with van der Waals surface area (Å²) in [5.74, 6) is -0.548. The van der Waals surface area contributed by atoms with Gasteiger partial charge in [-0.25, -0.2) is 4.39 Å². The second-order valence-corrected chi connectivity index (χ2v) is 5.27. The van der Waals surface area contributed by atoms with E-state index in [1.807, 2.05) is 0 Å². The van der Waals surface area contributed by atoms with E-state index in [2.05, 4.69) is 5.32 Å². The maximum atomic E-state index is 13.5. The lowest BCUT2D eigenvalue weighted by molar-refractivity contribution is -0.384. The first kappa shape index (κ1) is 15.5. The molecular formula is C14H11Cl2FN2O2. The van der Waals surface area contributed by atoms with Crippen LogP contribution in [0.4, 0.5) is 15.8 Å². The van der Waals surface area contributed by atoms with Crippen LogP contribution in [0.2, 0.25) is 10.0 Å². The molecule has 0 saturated heterocycles. The van der Waals surface area contributed by atoms with Gasteiger partial charge in [-0.1, -0.05) is 23.2 Å². The van der Waals surface area contributed by atoms with Gasteiger partial charge in [0.1, 0.15) is 5.82 Å². The van der Waals surface area contributed by atoms with Crippen LogP contribution in [-0.2, 0) is 0 Å². The van der Waals surface area contributed by atoms with Gasteiger partial charge in [-0.15, -0.1) is 0 Å². The lowest BCUT2D eigenvalue weighted by atomic mass is 10.1. The minimum Gasteiger partial charge on any atom is -0.378 e. The van der Waals surface area contributed by atoms with Gasteiger partial charge in [-0.3, -0.25) is 10.1 Å². The van der Waals surface area contributed by atoms with Crippen molar-refractivity contribution in [2.45, 2.75) is 13.0 Å². The SMILES string of the molecule is CC(Nc1ccc([N+](=O)[O-])cc1)c1cc(F)c(Cl)cc1Cl. The van der Waals surface area contributed by atoms with Crippen LogP contribution in [0.25, 0.3) is 0 Å². The standard InChI is InChI=1S/C14H11Cl2FN2O2/c1-8(11-6-14(17)13(16)7-12(11)15)18-9-2-4-10(5-3-9)19(20)21/h2-8,18H,1H3.